The van der Waals surface area contributed by atoms with E-state index in [4.69, 9.17) is 4.74 Å². The van der Waals surface area contributed by atoms with Crippen LogP contribution in [0.5, 0.6) is 0 Å². The van der Waals surface area contributed by atoms with Crippen molar-refractivity contribution < 1.29 is 14.6 Å². The molecule has 2 aliphatic heterocycles. The van der Waals surface area contributed by atoms with Crippen molar-refractivity contribution >= 4 is 5.97 Å². The summed E-state index contributed by atoms with van der Waals surface area (Å²) in [5, 5.41) is 9.45. The highest BCUT2D eigenvalue weighted by Crippen LogP contribution is 2.19. The number of aliphatic hydroxyl groups excluding tert-OH is 1. The van der Waals surface area contributed by atoms with Gasteiger partial charge >= 0.3 is 5.97 Å². The smallest absolute Gasteiger partial charge is 0.340 e. The number of rotatable bonds is 2. The molecule has 0 saturated carbocycles. The number of aliphatic hydroxyl groups is 1. The maximum absolute atomic E-state index is 11.3. The zero-order valence-corrected chi connectivity index (χ0v) is 10.1. The van der Waals surface area contributed by atoms with Crippen LogP contribution in [0.15, 0.2) is 12.1 Å². The molecule has 18 heavy (non-hydrogen) atoms. The highest BCUT2D eigenvalue weighted by atomic mass is 16.5. The van der Waals surface area contributed by atoms with Gasteiger partial charge in [-0.3, -0.25) is 9.88 Å². The molecule has 1 aromatic rings. The second kappa shape index (κ2) is 4.66. The van der Waals surface area contributed by atoms with Crippen LogP contribution in [0, 0.1) is 0 Å². The van der Waals surface area contributed by atoms with Gasteiger partial charge in [0.25, 0.3) is 0 Å². The lowest BCUT2D eigenvalue weighted by Crippen LogP contribution is -2.35. The minimum absolute atomic E-state index is 0.153. The van der Waals surface area contributed by atoms with Crippen LogP contribution in [-0.2, 0) is 17.9 Å². The summed E-state index contributed by atoms with van der Waals surface area (Å²) in [6, 6.07) is 3.68. The maximum atomic E-state index is 11.3. The average molecular weight is 248 g/mol. The fraction of sp³-hybridized carbons (Fsp3) is 0.538. The molecule has 0 atom stereocenters. The van der Waals surface area contributed by atoms with E-state index in [1.54, 1.807) is 6.07 Å². The van der Waals surface area contributed by atoms with E-state index in [-0.39, 0.29) is 12.1 Å². The van der Waals surface area contributed by atoms with Crippen molar-refractivity contribution in [2.45, 2.75) is 32.1 Å². The third kappa shape index (κ3) is 2.23. The van der Waals surface area contributed by atoms with Crippen molar-refractivity contribution in [3.8, 4) is 0 Å². The van der Waals surface area contributed by atoms with Crippen LogP contribution in [0.25, 0.3) is 0 Å². The molecule has 0 amide bonds. The fourth-order valence-corrected chi connectivity index (χ4v) is 2.45. The zero-order chi connectivity index (χ0) is 12.5. The summed E-state index contributed by atoms with van der Waals surface area (Å²) in [6.45, 7) is 2.86. The quantitative estimate of drug-likeness (QED) is 0.781. The molecule has 96 valence electrons. The van der Waals surface area contributed by atoms with Gasteiger partial charge in [0, 0.05) is 19.6 Å². The first-order valence-electron chi connectivity index (χ1n) is 6.29. The first-order valence-corrected chi connectivity index (χ1v) is 6.29. The number of carbonyl (C=O) groups is 1. The van der Waals surface area contributed by atoms with E-state index in [0.29, 0.717) is 12.2 Å². The van der Waals surface area contributed by atoms with Gasteiger partial charge < -0.3 is 9.84 Å². The highest BCUT2D eigenvalue weighted by Gasteiger charge is 2.23. The van der Waals surface area contributed by atoms with Crippen LogP contribution < -0.4 is 0 Å². The lowest BCUT2D eigenvalue weighted by Gasteiger charge is -2.29. The Kier molecular flexibility index (Phi) is 3.01. The Hall–Kier alpha value is -1.46. The van der Waals surface area contributed by atoms with Gasteiger partial charge in [-0.05, 0) is 25.0 Å². The van der Waals surface area contributed by atoms with Gasteiger partial charge in [0.15, 0.2) is 0 Å². The summed E-state index contributed by atoms with van der Waals surface area (Å²) in [5.41, 5.74) is 2.30. The Labute approximate surface area is 105 Å². The van der Waals surface area contributed by atoms with Gasteiger partial charge in [-0.25, -0.2) is 4.79 Å². The molecule has 3 heterocycles. The largest absolute Gasteiger partial charge is 0.456 e. The van der Waals surface area contributed by atoms with Crippen LogP contribution in [-0.4, -0.2) is 40.2 Å². The van der Waals surface area contributed by atoms with Crippen molar-refractivity contribution in [2.75, 3.05) is 13.1 Å². The summed E-state index contributed by atoms with van der Waals surface area (Å²) < 4.78 is 4.93. The van der Waals surface area contributed by atoms with Crippen LogP contribution in [0.4, 0.5) is 0 Å². The second-order valence-corrected chi connectivity index (χ2v) is 4.88. The van der Waals surface area contributed by atoms with E-state index >= 15 is 0 Å². The number of fused-ring (bicyclic) bond motifs is 1. The van der Waals surface area contributed by atoms with Gasteiger partial charge in [-0.1, -0.05) is 0 Å². The summed E-state index contributed by atoms with van der Waals surface area (Å²) in [5.74, 6) is -0.273. The molecule has 0 aliphatic carbocycles. The lowest BCUT2D eigenvalue weighted by molar-refractivity contribution is 0.0533. The van der Waals surface area contributed by atoms with Crippen molar-refractivity contribution in [1.29, 1.82) is 0 Å². The van der Waals surface area contributed by atoms with Crippen molar-refractivity contribution in [3.63, 3.8) is 0 Å². The molecule has 0 radical (unpaired) electrons. The Morgan fingerprint density at radius 3 is 2.94 bits per heavy atom. The van der Waals surface area contributed by atoms with Crippen molar-refractivity contribution in [1.82, 2.24) is 9.88 Å². The summed E-state index contributed by atoms with van der Waals surface area (Å²) >= 11 is 0. The molecule has 5 heteroatoms. The van der Waals surface area contributed by atoms with Crippen LogP contribution in [0.1, 0.15) is 34.6 Å². The van der Waals surface area contributed by atoms with E-state index in [0.717, 1.165) is 43.9 Å². The molecule has 2 aliphatic rings. The third-order valence-corrected chi connectivity index (χ3v) is 3.53. The van der Waals surface area contributed by atoms with Gasteiger partial charge in [-0.2, -0.15) is 0 Å². The number of pyridine rings is 1. The standard InChI is InChI=1S/C13H16N2O3/c16-10-3-5-15(6-4-10)7-9-1-2-11-12(14-9)8-18-13(11)17/h1-2,10,16H,3-8H2. The number of esters is 1. The summed E-state index contributed by atoms with van der Waals surface area (Å²) in [4.78, 5) is 18.0. The molecule has 5 nitrogen and oxygen atoms in total. The zero-order valence-electron chi connectivity index (χ0n) is 10.1. The molecule has 1 fully saturated rings. The third-order valence-electron chi connectivity index (χ3n) is 3.53. The first kappa shape index (κ1) is 11.6. The molecule has 3 rings (SSSR count). The number of ether oxygens (including phenoxy) is 1. The Morgan fingerprint density at radius 2 is 2.17 bits per heavy atom. The molecular formula is C13H16N2O3. The van der Waals surface area contributed by atoms with Gasteiger partial charge in [0.1, 0.15) is 6.61 Å². The Bertz CT molecular complexity index is 467. The number of hydrogen-bond acceptors (Lipinski definition) is 5. The number of likely N-dealkylation sites (tertiary alicyclic amines) is 1. The topological polar surface area (TPSA) is 62.7 Å². The van der Waals surface area contributed by atoms with Crippen molar-refractivity contribution in [2.24, 2.45) is 0 Å². The maximum Gasteiger partial charge on any atom is 0.340 e. The minimum atomic E-state index is -0.273. The Morgan fingerprint density at radius 1 is 1.39 bits per heavy atom. The lowest BCUT2D eigenvalue weighted by atomic mass is 10.1. The van der Waals surface area contributed by atoms with Crippen molar-refractivity contribution in [3.05, 3.63) is 29.1 Å². The average Bonchev–Trinajstić information content (AvgIpc) is 2.74. The van der Waals surface area contributed by atoms with E-state index in [1.165, 1.54) is 0 Å². The second-order valence-electron chi connectivity index (χ2n) is 4.88. The highest BCUT2D eigenvalue weighted by molar-refractivity contribution is 5.92. The molecule has 0 spiro atoms. The van der Waals surface area contributed by atoms with Gasteiger partial charge in [0.2, 0.25) is 0 Å². The van der Waals surface area contributed by atoms with E-state index in [2.05, 4.69) is 9.88 Å². The summed E-state index contributed by atoms with van der Waals surface area (Å²) in [6.07, 6.45) is 1.50. The van der Waals surface area contributed by atoms with Crippen LogP contribution in [0.2, 0.25) is 0 Å². The number of carbonyl (C=O) groups excluding carboxylic acids is 1. The molecule has 1 aromatic heterocycles. The monoisotopic (exact) mass is 248 g/mol. The number of hydrogen-bond donors (Lipinski definition) is 1. The fourth-order valence-electron chi connectivity index (χ4n) is 2.45. The number of piperidine rings is 1. The van der Waals surface area contributed by atoms with Gasteiger partial charge in [0.05, 0.1) is 23.1 Å². The minimum Gasteiger partial charge on any atom is -0.456 e. The first-order chi connectivity index (χ1) is 8.72. The predicted molar refractivity (Wildman–Crippen MR) is 63.9 cm³/mol. The Balaban J connectivity index is 1.69. The molecule has 1 N–H and O–H groups in total. The molecule has 0 unspecified atom stereocenters. The number of aromatic nitrogens is 1. The normalized spacial score (nSPS) is 20.8. The molecular weight excluding hydrogens is 232 g/mol. The van der Waals surface area contributed by atoms with E-state index in [1.807, 2.05) is 6.07 Å². The van der Waals surface area contributed by atoms with Gasteiger partial charge in [-0.15, -0.1) is 0 Å². The van der Waals surface area contributed by atoms with Crippen LogP contribution >= 0.6 is 0 Å². The molecule has 0 aromatic carbocycles. The SMILES string of the molecule is O=C1OCc2nc(CN3CCC(O)CC3)ccc21. The van der Waals surface area contributed by atoms with Crippen LogP contribution in [0.3, 0.4) is 0 Å². The summed E-state index contributed by atoms with van der Waals surface area (Å²) in [7, 11) is 0. The molecule has 0 bridgehead atoms. The van der Waals surface area contributed by atoms with E-state index in [9.17, 15) is 9.90 Å². The van der Waals surface area contributed by atoms with E-state index < -0.39 is 0 Å². The number of nitrogens with zero attached hydrogens (tertiary/aromatic N) is 2. The predicted octanol–water partition coefficient (Wildman–Crippen LogP) is 0.709. The molecule has 1 saturated heterocycles. The number of cyclic esters (lactones) is 1.